The first-order chi connectivity index (χ1) is 6.69. The van der Waals surface area contributed by atoms with Crippen molar-refractivity contribution in [2.45, 2.75) is 6.04 Å². The van der Waals surface area contributed by atoms with Crippen molar-refractivity contribution < 1.29 is 4.74 Å². The summed E-state index contributed by atoms with van der Waals surface area (Å²) in [4.78, 5) is 0. The van der Waals surface area contributed by atoms with Crippen molar-refractivity contribution in [2.75, 3.05) is 20.7 Å². The summed E-state index contributed by atoms with van der Waals surface area (Å²) < 4.78 is 6.25. The number of nitrogens with one attached hydrogen (secondary N) is 1. The van der Waals surface area contributed by atoms with E-state index in [9.17, 15) is 0 Å². The SMILES string of the molecule is CNCC(N)c1cc(Br)ccc1OC. The normalized spacial score (nSPS) is 12.6. The number of benzene rings is 1. The molecule has 4 heteroatoms. The van der Waals surface area contributed by atoms with Gasteiger partial charge in [0, 0.05) is 22.6 Å². The molecule has 1 aromatic carbocycles. The summed E-state index contributed by atoms with van der Waals surface area (Å²) in [5.74, 6) is 0.830. The minimum Gasteiger partial charge on any atom is -0.496 e. The summed E-state index contributed by atoms with van der Waals surface area (Å²) in [5.41, 5.74) is 7.00. The average Bonchev–Trinajstić information content (AvgIpc) is 2.18. The molecule has 0 aliphatic carbocycles. The molecule has 0 saturated carbocycles. The van der Waals surface area contributed by atoms with Crippen LogP contribution in [0.4, 0.5) is 0 Å². The Morgan fingerprint density at radius 3 is 2.86 bits per heavy atom. The zero-order valence-electron chi connectivity index (χ0n) is 8.38. The third-order valence-electron chi connectivity index (χ3n) is 2.02. The highest BCUT2D eigenvalue weighted by Gasteiger charge is 2.11. The lowest BCUT2D eigenvalue weighted by atomic mass is 10.1. The van der Waals surface area contributed by atoms with Gasteiger partial charge in [-0.2, -0.15) is 0 Å². The van der Waals surface area contributed by atoms with E-state index >= 15 is 0 Å². The molecule has 0 bridgehead atoms. The van der Waals surface area contributed by atoms with E-state index in [2.05, 4.69) is 21.2 Å². The maximum Gasteiger partial charge on any atom is 0.123 e. The number of nitrogens with two attached hydrogens (primary N) is 1. The number of hydrogen-bond donors (Lipinski definition) is 2. The summed E-state index contributed by atoms with van der Waals surface area (Å²) >= 11 is 3.41. The van der Waals surface area contributed by atoms with Crippen LogP contribution in [0.1, 0.15) is 11.6 Å². The molecule has 1 unspecified atom stereocenters. The largest absolute Gasteiger partial charge is 0.496 e. The van der Waals surface area contributed by atoms with Crippen LogP contribution in [0.3, 0.4) is 0 Å². The number of halogens is 1. The van der Waals surface area contributed by atoms with Gasteiger partial charge in [-0.15, -0.1) is 0 Å². The maximum atomic E-state index is 5.99. The topological polar surface area (TPSA) is 47.3 Å². The molecule has 78 valence electrons. The van der Waals surface area contributed by atoms with Gasteiger partial charge in [-0.05, 0) is 25.2 Å². The highest BCUT2D eigenvalue weighted by atomic mass is 79.9. The molecular formula is C10H15BrN2O. The monoisotopic (exact) mass is 258 g/mol. The number of likely N-dealkylation sites (N-methyl/N-ethyl adjacent to an activating group) is 1. The maximum absolute atomic E-state index is 5.99. The van der Waals surface area contributed by atoms with Crippen molar-refractivity contribution in [3.05, 3.63) is 28.2 Å². The Labute approximate surface area is 92.8 Å². The van der Waals surface area contributed by atoms with Crippen molar-refractivity contribution in [3.8, 4) is 5.75 Å². The Kier molecular flexibility index (Phi) is 4.38. The fraction of sp³-hybridized carbons (Fsp3) is 0.400. The van der Waals surface area contributed by atoms with E-state index in [1.165, 1.54) is 0 Å². The summed E-state index contributed by atoms with van der Waals surface area (Å²) in [7, 11) is 3.53. The van der Waals surface area contributed by atoms with Gasteiger partial charge >= 0.3 is 0 Å². The zero-order valence-corrected chi connectivity index (χ0v) is 9.97. The lowest BCUT2D eigenvalue weighted by molar-refractivity contribution is 0.405. The Hall–Kier alpha value is -0.580. The van der Waals surface area contributed by atoms with Gasteiger partial charge < -0.3 is 15.8 Å². The van der Waals surface area contributed by atoms with Crippen LogP contribution in [0.2, 0.25) is 0 Å². The first-order valence-corrected chi connectivity index (χ1v) is 5.22. The highest BCUT2D eigenvalue weighted by molar-refractivity contribution is 9.10. The van der Waals surface area contributed by atoms with Gasteiger partial charge in [0.05, 0.1) is 7.11 Å². The van der Waals surface area contributed by atoms with Crippen LogP contribution < -0.4 is 15.8 Å². The molecular weight excluding hydrogens is 244 g/mol. The summed E-state index contributed by atoms with van der Waals surface area (Å²) in [5, 5.41) is 3.04. The lowest BCUT2D eigenvalue weighted by Crippen LogP contribution is -2.24. The Morgan fingerprint density at radius 1 is 1.57 bits per heavy atom. The van der Waals surface area contributed by atoms with E-state index in [0.717, 1.165) is 22.3 Å². The molecule has 1 atom stereocenters. The van der Waals surface area contributed by atoms with Crippen LogP contribution in [0.15, 0.2) is 22.7 Å². The van der Waals surface area contributed by atoms with Gasteiger partial charge in [-0.25, -0.2) is 0 Å². The fourth-order valence-electron chi connectivity index (χ4n) is 1.32. The third kappa shape index (κ3) is 2.70. The van der Waals surface area contributed by atoms with Crippen molar-refractivity contribution >= 4 is 15.9 Å². The molecule has 0 aromatic heterocycles. The van der Waals surface area contributed by atoms with Crippen LogP contribution in [-0.2, 0) is 0 Å². The molecule has 0 radical (unpaired) electrons. The van der Waals surface area contributed by atoms with E-state index in [1.54, 1.807) is 7.11 Å². The average molecular weight is 259 g/mol. The summed E-state index contributed by atoms with van der Waals surface area (Å²) in [6.07, 6.45) is 0. The Morgan fingerprint density at radius 2 is 2.29 bits per heavy atom. The first-order valence-electron chi connectivity index (χ1n) is 4.42. The summed E-state index contributed by atoms with van der Waals surface area (Å²) in [6, 6.07) is 5.79. The molecule has 1 aromatic rings. The second-order valence-corrected chi connectivity index (χ2v) is 3.97. The fourth-order valence-corrected chi connectivity index (χ4v) is 1.70. The molecule has 0 fully saturated rings. The van der Waals surface area contributed by atoms with Crippen molar-refractivity contribution in [2.24, 2.45) is 5.73 Å². The quantitative estimate of drug-likeness (QED) is 0.864. The van der Waals surface area contributed by atoms with E-state index in [1.807, 2.05) is 25.2 Å². The van der Waals surface area contributed by atoms with Gasteiger partial charge in [-0.3, -0.25) is 0 Å². The minimum absolute atomic E-state index is 0.0487. The zero-order chi connectivity index (χ0) is 10.6. The number of ether oxygens (including phenoxy) is 1. The third-order valence-corrected chi connectivity index (χ3v) is 2.51. The van der Waals surface area contributed by atoms with E-state index < -0.39 is 0 Å². The molecule has 0 spiro atoms. The van der Waals surface area contributed by atoms with Crippen molar-refractivity contribution in [1.82, 2.24) is 5.32 Å². The van der Waals surface area contributed by atoms with E-state index in [-0.39, 0.29) is 6.04 Å². The van der Waals surface area contributed by atoms with Gasteiger partial charge in [0.1, 0.15) is 5.75 Å². The van der Waals surface area contributed by atoms with Crippen LogP contribution in [0.5, 0.6) is 5.75 Å². The van der Waals surface area contributed by atoms with Crippen LogP contribution >= 0.6 is 15.9 Å². The van der Waals surface area contributed by atoms with Crippen molar-refractivity contribution in [1.29, 1.82) is 0 Å². The number of methoxy groups -OCH3 is 1. The number of hydrogen-bond acceptors (Lipinski definition) is 3. The smallest absolute Gasteiger partial charge is 0.123 e. The van der Waals surface area contributed by atoms with E-state index in [0.29, 0.717) is 0 Å². The first kappa shape index (κ1) is 11.5. The predicted octanol–water partition coefficient (Wildman–Crippen LogP) is 1.68. The standard InChI is InChI=1S/C10H15BrN2O/c1-13-6-9(12)8-5-7(11)3-4-10(8)14-2/h3-5,9,13H,6,12H2,1-2H3. The van der Waals surface area contributed by atoms with Crippen LogP contribution in [0.25, 0.3) is 0 Å². The minimum atomic E-state index is -0.0487. The van der Waals surface area contributed by atoms with E-state index in [4.69, 9.17) is 10.5 Å². The molecule has 0 saturated heterocycles. The van der Waals surface area contributed by atoms with Gasteiger partial charge in [-0.1, -0.05) is 15.9 Å². The van der Waals surface area contributed by atoms with Crippen LogP contribution in [-0.4, -0.2) is 20.7 Å². The van der Waals surface area contributed by atoms with Gasteiger partial charge in [0.15, 0.2) is 0 Å². The second kappa shape index (κ2) is 5.34. The van der Waals surface area contributed by atoms with Crippen LogP contribution in [0, 0.1) is 0 Å². The predicted molar refractivity (Wildman–Crippen MR) is 61.5 cm³/mol. The lowest BCUT2D eigenvalue weighted by Gasteiger charge is -2.15. The highest BCUT2D eigenvalue weighted by Crippen LogP contribution is 2.26. The van der Waals surface area contributed by atoms with Gasteiger partial charge in [0.2, 0.25) is 0 Å². The number of rotatable bonds is 4. The molecule has 0 aliphatic heterocycles. The molecule has 3 N–H and O–H groups in total. The molecule has 3 nitrogen and oxygen atoms in total. The Bertz CT molecular complexity index is 304. The Balaban J connectivity index is 2.97. The second-order valence-electron chi connectivity index (χ2n) is 3.05. The molecule has 0 amide bonds. The van der Waals surface area contributed by atoms with Gasteiger partial charge in [0.25, 0.3) is 0 Å². The molecule has 14 heavy (non-hydrogen) atoms. The summed E-state index contributed by atoms with van der Waals surface area (Å²) in [6.45, 7) is 0.729. The molecule has 0 heterocycles. The van der Waals surface area contributed by atoms with Crippen molar-refractivity contribution in [3.63, 3.8) is 0 Å². The molecule has 0 aliphatic rings. The molecule has 1 rings (SSSR count).